The van der Waals surface area contributed by atoms with Gasteiger partial charge in [0.05, 0.1) is 16.9 Å². The molecule has 20 heavy (non-hydrogen) atoms. The first kappa shape index (κ1) is 14.9. The van der Waals surface area contributed by atoms with Gasteiger partial charge in [0.25, 0.3) is 0 Å². The Bertz CT molecular complexity index is 637. The summed E-state index contributed by atoms with van der Waals surface area (Å²) >= 11 is 0. The van der Waals surface area contributed by atoms with Crippen LogP contribution in [0.1, 0.15) is 35.3 Å². The maximum Gasteiger partial charge on any atom is 0.0858 e. The molecule has 0 bridgehead atoms. The Kier molecular flexibility index (Phi) is 4.41. The fourth-order valence-corrected chi connectivity index (χ4v) is 4.14. The molecule has 0 aromatic heterocycles. The Balaban J connectivity index is 2.58. The lowest BCUT2D eigenvalue weighted by molar-refractivity contribution is 0.196. The molecule has 0 saturated carbocycles. The highest BCUT2D eigenvalue weighted by Gasteiger charge is 2.18. The monoisotopic (exact) mass is 288 g/mol. The van der Waals surface area contributed by atoms with E-state index in [0.717, 1.165) is 21.6 Å². The van der Waals surface area contributed by atoms with Crippen molar-refractivity contribution in [3.05, 3.63) is 58.7 Å². The zero-order chi connectivity index (χ0) is 14.9. The maximum atomic E-state index is 12.9. The van der Waals surface area contributed by atoms with Crippen LogP contribution >= 0.6 is 0 Å². The van der Waals surface area contributed by atoms with Crippen LogP contribution in [0.3, 0.4) is 0 Å². The largest absolute Gasteiger partial charge is 0.389 e. The van der Waals surface area contributed by atoms with E-state index in [0.29, 0.717) is 4.90 Å². The van der Waals surface area contributed by atoms with E-state index in [2.05, 4.69) is 0 Å². The van der Waals surface area contributed by atoms with Gasteiger partial charge in [-0.15, -0.1) is 0 Å². The van der Waals surface area contributed by atoms with Crippen molar-refractivity contribution in [2.75, 3.05) is 0 Å². The second kappa shape index (κ2) is 5.90. The minimum atomic E-state index is -1.27. The Morgan fingerprint density at radius 2 is 1.60 bits per heavy atom. The van der Waals surface area contributed by atoms with Gasteiger partial charge in [-0.2, -0.15) is 0 Å². The van der Waals surface area contributed by atoms with Crippen LogP contribution in [0, 0.1) is 20.8 Å². The normalized spacial score (nSPS) is 14.1. The summed E-state index contributed by atoms with van der Waals surface area (Å²) in [6.07, 6.45) is -0.624. The van der Waals surface area contributed by atoms with Crippen LogP contribution in [0.2, 0.25) is 0 Å². The molecule has 0 aliphatic carbocycles. The molecule has 2 aromatic carbocycles. The Morgan fingerprint density at radius 3 is 2.15 bits per heavy atom. The van der Waals surface area contributed by atoms with Crippen molar-refractivity contribution in [3.63, 3.8) is 0 Å². The molecule has 2 nitrogen and oxygen atoms in total. The second-order valence-electron chi connectivity index (χ2n) is 5.21. The van der Waals surface area contributed by atoms with Gasteiger partial charge in [0.1, 0.15) is 0 Å². The summed E-state index contributed by atoms with van der Waals surface area (Å²) in [5.74, 6) is 0. The van der Waals surface area contributed by atoms with Gasteiger partial charge < -0.3 is 5.11 Å². The van der Waals surface area contributed by atoms with Gasteiger partial charge >= 0.3 is 0 Å². The number of hydrogen-bond acceptors (Lipinski definition) is 2. The number of aliphatic hydroxyl groups is 1. The third-order valence-electron chi connectivity index (χ3n) is 3.36. The SMILES string of the molecule is Cc1cc(C)c(S(=O)c2ccccc2[C@@H](C)O)c(C)c1. The average Bonchev–Trinajstić information content (AvgIpc) is 2.37. The molecule has 106 valence electrons. The molecule has 0 spiro atoms. The van der Waals surface area contributed by atoms with Gasteiger partial charge in [0, 0.05) is 9.79 Å². The average molecular weight is 288 g/mol. The molecule has 2 atom stereocenters. The lowest BCUT2D eigenvalue weighted by Gasteiger charge is -2.15. The van der Waals surface area contributed by atoms with E-state index in [9.17, 15) is 9.32 Å². The van der Waals surface area contributed by atoms with E-state index in [1.165, 1.54) is 5.56 Å². The molecule has 1 N–H and O–H groups in total. The first-order chi connectivity index (χ1) is 9.41. The highest BCUT2D eigenvalue weighted by atomic mass is 32.2. The van der Waals surface area contributed by atoms with E-state index in [-0.39, 0.29) is 0 Å². The molecular weight excluding hydrogens is 268 g/mol. The molecule has 0 fully saturated rings. The molecular formula is C17H20O2S. The third kappa shape index (κ3) is 2.84. The fourth-order valence-electron chi connectivity index (χ4n) is 2.56. The zero-order valence-electron chi connectivity index (χ0n) is 12.3. The maximum absolute atomic E-state index is 12.9. The van der Waals surface area contributed by atoms with E-state index < -0.39 is 16.9 Å². The standard InChI is InChI=1S/C17H20O2S/c1-11-9-12(2)17(13(3)10-11)20(19)16-8-6-5-7-15(16)14(4)18/h5-10,14,18H,1-4H3/t14-,20?/m1/s1. The van der Waals surface area contributed by atoms with Gasteiger partial charge in [-0.05, 0) is 50.5 Å². The Morgan fingerprint density at radius 1 is 1.05 bits per heavy atom. The van der Waals surface area contributed by atoms with Crippen molar-refractivity contribution in [1.29, 1.82) is 0 Å². The van der Waals surface area contributed by atoms with E-state index in [1.54, 1.807) is 6.92 Å². The summed E-state index contributed by atoms with van der Waals surface area (Å²) in [6.45, 7) is 7.71. The smallest absolute Gasteiger partial charge is 0.0858 e. The molecule has 0 saturated heterocycles. The van der Waals surface area contributed by atoms with Crippen LogP contribution in [0.5, 0.6) is 0 Å². The minimum Gasteiger partial charge on any atom is -0.389 e. The Labute approximate surface area is 122 Å². The summed E-state index contributed by atoms with van der Waals surface area (Å²) in [6, 6.07) is 11.5. The minimum absolute atomic E-state index is 0.624. The lowest BCUT2D eigenvalue weighted by Crippen LogP contribution is -2.04. The van der Waals surface area contributed by atoms with Gasteiger partial charge in [-0.1, -0.05) is 35.9 Å². The molecule has 0 amide bonds. The van der Waals surface area contributed by atoms with Crippen molar-refractivity contribution in [2.24, 2.45) is 0 Å². The molecule has 0 radical (unpaired) electrons. The summed E-state index contributed by atoms with van der Waals surface area (Å²) in [4.78, 5) is 1.54. The van der Waals surface area contributed by atoms with Crippen LogP contribution in [0.15, 0.2) is 46.2 Å². The predicted octanol–water partition coefficient (Wildman–Crippen LogP) is 3.83. The highest BCUT2D eigenvalue weighted by molar-refractivity contribution is 7.85. The van der Waals surface area contributed by atoms with Crippen molar-refractivity contribution >= 4 is 10.8 Å². The quantitative estimate of drug-likeness (QED) is 0.932. The summed E-state index contributed by atoms with van der Waals surface area (Å²) in [5.41, 5.74) is 3.96. The van der Waals surface area contributed by atoms with E-state index >= 15 is 0 Å². The van der Waals surface area contributed by atoms with Gasteiger partial charge in [0.2, 0.25) is 0 Å². The van der Waals surface area contributed by atoms with Gasteiger partial charge in [-0.25, -0.2) is 4.21 Å². The number of aliphatic hydroxyl groups excluding tert-OH is 1. The first-order valence-corrected chi connectivity index (χ1v) is 7.83. The first-order valence-electron chi connectivity index (χ1n) is 6.68. The zero-order valence-corrected chi connectivity index (χ0v) is 13.1. The molecule has 3 heteroatoms. The van der Waals surface area contributed by atoms with Crippen LogP contribution < -0.4 is 0 Å². The molecule has 0 aliphatic rings. The van der Waals surface area contributed by atoms with Crippen molar-refractivity contribution < 1.29 is 9.32 Å². The lowest BCUT2D eigenvalue weighted by atomic mass is 10.1. The third-order valence-corrected chi connectivity index (χ3v) is 5.14. The van der Waals surface area contributed by atoms with E-state index in [1.807, 2.05) is 57.2 Å². The van der Waals surface area contributed by atoms with Gasteiger partial charge in [-0.3, -0.25) is 0 Å². The predicted molar refractivity (Wildman–Crippen MR) is 82.4 cm³/mol. The van der Waals surface area contributed by atoms with Crippen molar-refractivity contribution in [2.45, 2.75) is 43.6 Å². The molecule has 2 aromatic rings. The van der Waals surface area contributed by atoms with Crippen LogP contribution in [-0.4, -0.2) is 9.32 Å². The number of hydrogen-bond donors (Lipinski definition) is 1. The van der Waals surface area contributed by atoms with Crippen LogP contribution in [0.4, 0.5) is 0 Å². The van der Waals surface area contributed by atoms with Crippen molar-refractivity contribution in [3.8, 4) is 0 Å². The number of benzene rings is 2. The van der Waals surface area contributed by atoms with E-state index in [4.69, 9.17) is 0 Å². The number of aryl methyl sites for hydroxylation is 3. The fraction of sp³-hybridized carbons (Fsp3) is 0.294. The number of rotatable bonds is 3. The summed E-state index contributed by atoms with van der Waals surface area (Å²) in [7, 11) is -1.27. The molecule has 0 heterocycles. The second-order valence-corrected chi connectivity index (χ2v) is 6.60. The molecule has 2 rings (SSSR count). The summed E-state index contributed by atoms with van der Waals surface area (Å²) in [5, 5.41) is 9.85. The van der Waals surface area contributed by atoms with Crippen molar-refractivity contribution in [1.82, 2.24) is 0 Å². The van der Waals surface area contributed by atoms with Crippen LogP contribution in [-0.2, 0) is 10.8 Å². The molecule has 0 aliphatic heterocycles. The molecule has 1 unspecified atom stereocenters. The summed E-state index contributed by atoms with van der Waals surface area (Å²) < 4.78 is 12.9. The Hall–Kier alpha value is -1.45. The van der Waals surface area contributed by atoms with Gasteiger partial charge in [0.15, 0.2) is 0 Å². The topological polar surface area (TPSA) is 37.3 Å². The van der Waals surface area contributed by atoms with Crippen LogP contribution in [0.25, 0.3) is 0 Å². The highest BCUT2D eigenvalue weighted by Crippen LogP contribution is 2.29.